The first-order chi connectivity index (χ1) is 5.42. The summed E-state index contributed by atoms with van der Waals surface area (Å²) in [5.74, 6) is 1.69. The van der Waals surface area contributed by atoms with Gasteiger partial charge in [0, 0.05) is 0 Å². The molecule has 0 nitrogen and oxygen atoms in total. The molecule has 0 aromatic heterocycles. The monoisotopic (exact) mass is 145 g/mol. The Balaban J connectivity index is 2.09. The van der Waals surface area contributed by atoms with Crippen molar-refractivity contribution >= 4 is 0 Å². The van der Waals surface area contributed by atoms with E-state index in [2.05, 4.69) is 43.7 Å². The van der Waals surface area contributed by atoms with Gasteiger partial charge in [-0.05, 0) is 30.2 Å². The van der Waals surface area contributed by atoms with Crippen LogP contribution >= 0.6 is 0 Å². The summed E-state index contributed by atoms with van der Waals surface area (Å²) in [4.78, 5) is 0. The summed E-state index contributed by atoms with van der Waals surface area (Å²) in [6.07, 6.45) is 3.68. The summed E-state index contributed by atoms with van der Waals surface area (Å²) in [6, 6.07) is 10.8. The first kappa shape index (κ1) is 6.90. The summed E-state index contributed by atoms with van der Waals surface area (Å²) in [5, 5.41) is 0. The summed E-state index contributed by atoms with van der Waals surface area (Å²) in [5.41, 5.74) is 1.51. The average Bonchev–Trinajstić information content (AvgIpc) is 2.85. The highest BCUT2D eigenvalue weighted by molar-refractivity contribution is 5.26. The molecule has 2 rings (SSSR count). The smallest absolute Gasteiger partial charge is 0.0128 e. The van der Waals surface area contributed by atoms with Crippen LogP contribution in [-0.4, -0.2) is 0 Å². The molecule has 2 atom stereocenters. The quantitative estimate of drug-likeness (QED) is 0.600. The van der Waals surface area contributed by atoms with Crippen LogP contribution in [0.1, 0.15) is 24.8 Å². The summed E-state index contributed by atoms with van der Waals surface area (Å²) in [6.45, 7) is 2.16. The highest BCUT2D eigenvalue weighted by Crippen LogP contribution is 2.48. The van der Waals surface area contributed by atoms with E-state index in [1.165, 1.54) is 12.0 Å². The van der Waals surface area contributed by atoms with Gasteiger partial charge in [0.25, 0.3) is 0 Å². The Morgan fingerprint density at radius 3 is 2.55 bits per heavy atom. The Morgan fingerprint density at radius 2 is 2.00 bits per heavy atom. The molecule has 0 heterocycles. The van der Waals surface area contributed by atoms with E-state index in [0.29, 0.717) is 0 Å². The molecule has 0 aliphatic heterocycles. The number of hydrogen-bond donors (Lipinski definition) is 0. The van der Waals surface area contributed by atoms with Crippen LogP contribution in [0.4, 0.5) is 0 Å². The molecular weight excluding hydrogens is 132 g/mol. The molecule has 1 saturated carbocycles. The molecule has 0 saturated heterocycles. The average molecular weight is 145 g/mol. The zero-order chi connectivity index (χ0) is 7.68. The first-order valence-electron chi connectivity index (χ1n) is 4.26. The topological polar surface area (TPSA) is 0 Å². The molecule has 0 N–H and O–H groups in total. The number of benzene rings is 1. The maximum absolute atomic E-state index is 2.32. The van der Waals surface area contributed by atoms with Crippen molar-refractivity contribution in [2.24, 2.45) is 5.92 Å². The lowest BCUT2D eigenvalue weighted by Gasteiger charge is -1.96. The van der Waals surface area contributed by atoms with E-state index < -0.39 is 0 Å². The SMILES string of the molecule is C[CH][C@@H]1C[C@H]1c1ccccc1. The minimum Gasteiger partial charge on any atom is -0.0622 e. The second kappa shape index (κ2) is 2.69. The van der Waals surface area contributed by atoms with E-state index >= 15 is 0 Å². The van der Waals surface area contributed by atoms with Crippen molar-refractivity contribution in [3.8, 4) is 0 Å². The minimum absolute atomic E-state index is 0.834. The van der Waals surface area contributed by atoms with Crippen molar-refractivity contribution in [2.45, 2.75) is 19.3 Å². The molecule has 0 spiro atoms. The lowest BCUT2D eigenvalue weighted by molar-refractivity contribution is 0.933. The lowest BCUT2D eigenvalue weighted by atomic mass is 10.1. The zero-order valence-electron chi connectivity index (χ0n) is 6.83. The Bertz CT molecular complexity index is 225. The third kappa shape index (κ3) is 1.30. The van der Waals surface area contributed by atoms with Crippen LogP contribution in [0.2, 0.25) is 0 Å². The lowest BCUT2D eigenvalue weighted by Crippen LogP contribution is -1.80. The van der Waals surface area contributed by atoms with E-state index in [9.17, 15) is 0 Å². The van der Waals surface area contributed by atoms with Crippen molar-refractivity contribution in [3.63, 3.8) is 0 Å². The Hall–Kier alpha value is -0.780. The van der Waals surface area contributed by atoms with E-state index in [1.807, 2.05) is 0 Å². The predicted molar refractivity (Wildman–Crippen MR) is 47.3 cm³/mol. The van der Waals surface area contributed by atoms with Gasteiger partial charge >= 0.3 is 0 Å². The van der Waals surface area contributed by atoms with E-state index in [0.717, 1.165) is 11.8 Å². The molecule has 0 amide bonds. The van der Waals surface area contributed by atoms with Gasteiger partial charge < -0.3 is 0 Å². The molecule has 1 aliphatic rings. The van der Waals surface area contributed by atoms with Crippen molar-refractivity contribution in [1.82, 2.24) is 0 Å². The summed E-state index contributed by atoms with van der Waals surface area (Å²) >= 11 is 0. The Kier molecular flexibility index (Phi) is 1.69. The summed E-state index contributed by atoms with van der Waals surface area (Å²) < 4.78 is 0. The van der Waals surface area contributed by atoms with Crippen LogP contribution in [0.5, 0.6) is 0 Å². The van der Waals surface area contributed by atoms with E-state index in [4.69, 9.17) is 0 Å². The molecule has 1 aromatic carbocycles. The van der Waals surface area contributed by atoms with Gasteiger partial charge in [0.15, 0.2) is 0 Å². The molecular formula is C11H13. The third-order valence-electron chi connectivity index (χ3n) is 2.50. The van der Waals surface area contributed by atoms with Crippen LogP contribution in [0, 0.1) is 12.3 Å². The van der Waals surface area contributed by atoms with Gasteiger partial charge in [0.2, 0.25) is 0 Å². The fourth-order valence-electron chi connectivity index (χ4n) is 1.67. The first-order valence-corrected chi connectivity index (χ1v) is 4.26. The normalized spacial score (nSPS) is 28.5. The number of rotatable bonds is 2. The van der Waals surface area contributed by atoms with Gasteiger partial charge in [-0.1, -0.05) is 37.3 Å². The van der Waals surface area contributed by atoms with Gasteiger partial charge in [-0.15, -0.1) is 0 Å². The highest BCUT2D eigenvalue weighted by Gasteiger charge is 2.36. The van der Waals surface area contributed by atoms with Crippen molar-refractivity contribution in [1.29, 1.82) is 0 Å². The van der Waals surface area contributed by atoms with E-state index in [1.54, 1.807) is 0 Å². The minimum atomic E-state index is 0.834. The molecule has 0 heteroatoms. The maximum Gasteiger partial charge on any atom is -0.0128 e. The van der Waals surface area contributed by atoms with Gasteiger partial charge in [-0.25, -0.2) is 0 Å². The second-order valence-corrected chi connectivity index (χ2v) is 3.25. The van der Waals surface area contributed by atoms with Crippen molar-refractivity contribution < 1.29 is 0 Å². The summed E-state index contributed by atoms with van der Waals surface area (Å²) in [7, 11) is 0. The van der Waals surface area contributed by atoms with Gasteiger partial charge in [0.05, 0.1) is 0 Å². The standard InChI is InChI=1S/C11H13/c1-2-9-8-11(9)10-6-4-3-5-7-10/h2-7,9,11H,8H2,1H3/t9-,11-/m1/s1. The maximum atomic E-state index is 2.32. The third-order valence-corrected chi connectivity index (χ3v) is 2.50. The van der Waals surface area contributed by atoms with Crippen molar-refractivity contribution in [3.05, 3.63) is 42.3 Å². The molecule has 57 valence electrons. The molecule has 0 unspecified atom stereocenters. The van der Waals surface area contributed by atoms with Crippen LogP contribution < -0.4 is 0 Å². The van der Waals surface area contributed by atoms with Crippen molar-refractivity contribution in [2.75, 3.05) is 0 Å². The largest absolute Gasteiger partial charge is 0.0622 e. The number of hydrogen-bond acceptors (Lipinski definition) is 0. The zero-order valence-corrected chi connectivity index (χ0v) is 6.83. The molecule has 1 radical (unpaired) electrons. The van der Waals surface area contributed by atoms with Gasteiger partial charge in [-0.2, -0.15) is 0 Å². The molecule has 1 aliphatic carbocycles. The van der Waals surface area contributed by atoms with Crippen LogP contribution in [0.25, 0.3) is 0 Å². The van der Waals surface area contributed by atoms with Gasteiger partial charge in [0.1, 0.15) is 0 Å². The molecule has 11 heavy (non-hydrogen) atoms. The fourth-order valence-corrected chi connectivity index (χ4v) is 1.67. The highest BCUT2D eigenvalue weighted by atomic mass is 14.4. The Labute approximate surface area is 68.3 Å². The van der Waals surface area contributed by atoms with Crippen LogP contribution in [-0.2, 0) is 0 Å². The second-order valence-electron chi connectivity index (χ2n) is 3.25. The van der Waals surface area contributed by atoms with Crippen LogP contribution in [0.15, 0.2) is 30.3 Å². The van der Waals surface area contributed by atoms with Crippen LogP contribution in [0.3, 0.4) is 0 Å². The van der Waals surface area contributed by atoms with E-state index in [-0.39, 0.29) is 0 Å². The molecule has 0 bridgehead atoms. The Morgan fingerprint density at radius 1 is 1.27 bits per heavy atom. The molecule has 1 aromatic rings. The molecule has 1 fully saturated rings. The fraction of sp³-hybridized carbons (Fsp3) is 0.364. The predicted octanol–water partition coefficient (Wildman–Crippen LogP) is 3.01. The van der Waals surface area contributed by atoms with Gasteiger partial charge in [-0.3, -0.25) is 0 Å².